The van der Waals surface area contributed by atoms with Gasteiger partial charge in [-0.3, -0.25) is 9.98 Å². The first kappa shape index (κ1) is 20.6. The van der Waals surface area contributed by atoms with Crippen LogP contribution < -0.4 is 15.4 Å². The van der Waals surface area contributed by atoms with E-state index in [0.29, 0.717) is 36.0 Å². The van der Waals surface area contributed by atoms with Crippen molar-refractivity contribution >= 4 is 15.8 Å². The van der Waals surface area contributed by atoms with Crippen LogP contribution in [-0.2, 0) is 22.1 Å². The summed E-state index contributed by atoms with van der Waals surface area (Å²) in [6.45, 7) is 1.14. The Morgan fingerprint density at radius 3 is 2.74 bits per heavy atom. The minimum atomic E-state index is -3.22. The van der Waals surface area contributed by atoms with Crippen molar-refractivity contribution in [2.45, 2.75) is 12.3 Å². The van der Waals surface area contributed by atoms with Gasteiger partial charge in [-0.05, 0) is 35.4 Å². The lowest BCUT2D eigenvalue weighted by molar-refractivity contribution is 0.320. The first-order valence-electron chi connectivity index (χ1n) is 8.30. The Morgan fingerprint density at radius 1 is 1.26 bits per heavy atom. The normalized spacial score (nSPS) is 11.9. The number of pyridine rings is 1. The van der Waals surface area contributed by atoms with Crippen molar-refractivity contribution in [2.75, 3.05) is 26.5 Å². The van der Waals surface area contributed by atoms with Crippen LogP contribution >= 0.6 is 0 Å². The average Bonchev–Trinajstić information content (AvgIpc) is 2.63. The number of nitrogens with one attached hydrogen (secondary N) is 2. The minimum absolute atomic E-state index is 0.144. The van der Waals surface area contributed by atoms with Gasteiger partial charge in [-0.1, -0.05) is 6.07 Å². The number of nitrogens with zero attached hydrogens (tertiary/aromatic N) is 2. The summed E-state index contributed by atoms with van der Waals surface area (Å²) in [6.07, 6.45) is 4.44. The van der Waals surface area contributed by atoms with Crippen molar-refractivity contribution in [3.8, 4) is 5.75 Å². The van der Waals surface area contributed by atoms with Gasteiger partial charge in [-0.15, -0.1) is 0 Å². The SMILES string of the molecule is CN=C(NCCOc1cccnc1)NCc1cc(F)ccc1CS(C)(=O)=O. The summed E-state index contributed by atoms with van der Waals surface area (Å²) in [6, 6.07) is 7.67. The van der Waals surface area contributed by atoms with E-state index in [-0.39, 0.29) is 12.3 Å². The Hall–Kier alpha value is -2.68. The number of aliphatic imine (C=N–C) groups is 1. The summed E-state index contributed by atoms with van der Waals surface area (Å²) in [7, 11) is -1.61. The molecule has 2 N–H and O–H groups in total. The Balaban J connectivity index is 1.87. The van der Waals surface area contributed by atoms with Gasteiger partial charge in [0.15, 0.2) is 15.8 Å². The quantitative estimate of drug-likeness (QED) is 0.401. The number of guanidine groups is 1. The number of hydrogen-bond acceptors (Lipinski definition) is 5. The second-order valence-electron chi connectivity index (χ2n) is 5.87. The van der Waals surface area contributed by atoms with Crippen molar-refractivity contribution < 1.29 is 17.5 Å². The number of ether oxygens (including phenoxy) is 1. The molecule has 2 rings (SSSR count). The molecular weight excluding hydrogens is 371 g/mol. The molecule has 7 nitrogen and oxygen atoms in total. The largest absolute Gasteiger partial charge is 0.490 e. The lowest BCUT2D eigenvalue weighted by Gasteiger charge is -2.14. The molecule has 0 bridgehead atoms. The molecule has 0 aliphatic rings. The second kappa shape index (κ2) is 9.86. The van der Waals surface area contributed by atoms with E-state index in [1.807, 2.05) is 6.07 Å². The summed E-state index contributed by atoms with van der Waals surface area (Å²) in [5.41, 5.74) is 1.12. The van der Waals surface area contributed by atoms with Gasteiger partial charge in [0.25, 0.3) is 0 Å². The van der Waals surface area contributed by atoms with Crippen LogP contribution in [0.5, 0.6) is 5.75 Å². The van der Waals surface area contributed by atoms with E-state index in [2.05, 4.69) is 20.6 Å². The molecule has 1 aromatic carbocycles. The van der Waals surface area contributed by atoms with Gasteiger partial charge in [0, 0.05) is 26.0 Å². The molecule has 0 atom stereocenters. The van der Waals surface area contributed by atoms with Crippen molar-refractivity contribution in [1.29, 1.82) is 0 Å². The van der Waals surface area contributed by atoms with E-state index in [4.69, 9.17) is 4.74 Å². The van der Waals surface area contributed by atoms with E-state index >= 15 is 0 Å². The molecule has 27 heavy (non-hydrogen) atoms. The van der Waals surface area contributed by atoms with Crippen LogP contribution in [0.25, 0.3) is 0 Å². The third-order valence-corrected chi connectivity index (χ3v) is 4.39. The highest BCUT2D eigenvalue weighted by Crippen LogP contribution is 2.14. The summed E-state index contributed by atoms with van der Waals surface area (Å²) >= 11 is 0. The Bertz CT molecular complexity index is 873. The van der Waals surface area contributed by atoms with Crippen LogP contribution in [0.4, 0.5) is 4.39 Å². The smallest absolute Gasteiger partial charge is 0.191 e. The molecule has 0 radical (unpaired) electrons. The molecule has 0 unspecified atom stereocenters. The van der Waals surface area contributed by atoms with Crippen molar-refractivity contribution in [1.82, 2.24) is 15.6 Å². The Kier molecular flexibility index (Phi) is 7.54. The molecule has 0 spiro atoms. The van der Waals surface area contributed by atoms with Crippen LogP contribution in [0, 0.1) is 5.82 Å². The van der Waals surface area contributed by atoms with Crippen LogP contribution in [0.2, 0.25) is 0 Å². The summed E-state index contributed by atoms with van der Waals surface area (Å²) < 4.78 is 42.2. The van der Waals surface area contributed by atoms with Gasteiger partial charge in [0.1, 0.15) is 18.2 Å². The van der Waals surface area contributed by atoms with E-state index in [1.54, 1.807) is 25.5 Å². The summed E-state index contributed by atoms with van der Waals surface area (Å²) in [5.74, 6) is 0.610. The fraction of sp³-hybridized carbons (Fsp3) is 0.333. The molecular formula is C18H23FN4O3S. The van der Waals surface area contributed by atoms with Crippen LogP contribution in [0.15, 0.2) is 47.7 Å². The van der Waals surface area contributed by atoms with E-state index in [1.165, 1.54) is 18.2 Å². The van der Waals surface area contributed by atoms with Crippen LogP contribution in [0.1, 0.15) is 11.1 Å². The molecule has 1 heterocycles. The minimum Gasteiger partial charge on any atom is -0.490 e. The first-order valence-corrected chi connectivity index (χ1v) is 10.4. The molecule has 0 amide bonds. The van der Waals surface area contributed by atoms with E-state index < -0.39 is 15.7 Å². The van der Waals surface area contributed by atoms with Crippen molar-refractivity contribution in [2.24, 2.45) is 4.99 Å². The van der Waals surface area contributed by atoms with Gasteiger partial charge < -0.3 is 15.4 Å². The number of aromatic nitrogens is 1. The van der Waals surface area contributed by atoms with Gasteiger partial charge in [-0.25, -0.2) is 12.8 Å². The Labute approximate surface area is 158 Å². The lowest BCUT2D eigenvalue weighted by atomic mass is 10.1. The standard InChI is InChI=1S/C18H23FN4O3S/c1-20-18(22-8-9-26-17-4-3-7-21-12-17)23-11-15-10-16(19)6-5-14(15)13-27(2,24)25/h3-7,10,12H,8-9,11,13H2,1-2H3,(H2,20,22,23). The van der Waals surface area contributed by atoms with Gasteiger partial charge >= 0.3 is 0 Å². The highest BCUT2D eigenvalue weighted by Gasteiger charge is 2.11. The maximum absolute atomic E-state index is 13.6. The maximum Gasteiger partial charge on any atom is 0.191 e. The molecule has 146 valence electrons. The summed E-state index contributed by atoms with van der Waals surface area (Å²) in [4.78, 5) is 8.05. The zero-order valence-electron chi connectivity index (χ0n) is 15.3. The third-order valence-electron chi connectivity index (χ3n) is 3.55. The summed E-state index contributed by atoms with van der Waals surface area (Å²) in [5, 5.41) is 6.12. The van der Waals surface area contributed by atoms with Crippen molar-refractivity contribution in [3.63, 3.8) is 0 Å². The molecule has 0 saturated carbocycles. The fourth-order valence-corrected chi connectivity index (χ4v) is 3.20. The number of rotatable bonds is 8. The zero-order valence-corrected chi connectivity index (χ0v) is 16.1. The maximum atomic E-state index is 13.6. The first-order chi connectivity index (χ1) is 12.9. The third kappa shape index (κ3) is 7.61. The van der Waals surface area contributed by atoms with Crippen LogP contribution in [0.3, 0.4) is 0 Å². The predicted octanol–water partition coefficient (Wildman–Crippen LogP) is 1.51. The number of halogens is 1. The molecule has 1 aromatic heterocycles. The molecule has 2 aromatic rings. The van der Waals surface area contributed by atoms with E-state index in [0.717, 1.165) is 6.26 Å². The fourth-order valence-electron chi connectivity index (χ4n) is 2.35. The Morgan fingerprint density at radius 2 is 2.07 bits per heavy atom. The van der Waals surface area contributed by atoms with Crippen molar-refractivity contribution in [3.05, 3.63) is 59.7 Å². The molecule has 0 saturated heterocycles. The van der Waals surface area contributed by atoms with E-state index in [9.17, 15) is 12.8 Å². The second-order valence-corrected chi connectivity index (χ2v) is 8.01. The topological polar surface area (TPSA) is 92.7 Å². The number of hydrogen-bond donors (Lipinski definition) is 2. The molecule has 0 aliphatic heterocycles. The monoisotopic (exact) mass is 394 g/mol. The van der Waals surface area contributed by atoms with Gasteiger partial charge in [0.05, 0.1) is 18.5 Å². The number of benzene rings is 1. The zero-order chi connectivity index (χ0) is 19.7. The lowest BCUT2D eigenvalue weighted by Crippen LogP contribution is -2.39. The average molecular weight is 394 g/mol. The number of sulfone groups is 1. The molecule has 0 aliphatic carbocycles. The highest BCUT2D eigenvalue weighted by molar-refractivity contribution is 7.89. The molecule has 9 heteroatoms. The predicted molar refractivity (Wildman–Crippen MR) is 103 cm³/mol. The van der Waals surface area contributed by atoms with Gasteiger partial charge in [0.2, 0.25) is 0 Å². The molecule has 0 fully saturated rings. The highest BCUT2D eigenvalue weighted by atomic mass is 32.2. The van der Waals surface area contributed by atoms with Gasteiger partial charge in [-0.2, -0.15) is 0 Å². The van der Waals surface area contributed by atoms with Crippen LogP contribution in [-0.4, -0.2) is 45.8 Å².